The van der Waals surface area contributed by atoms with Crippen molar-refractivity contribution in [1.82, 2.24) is 0 Å². The molecule has 22 heavy (non-hydrogen) atoms. The molecule has 0 aliphatic carbocycles. The minimum atomic E-state index is -0.650. The van der Waals surface area contributed by atoms with Crippen molar-refractivity contribution < 1.29 is 14.3 Å². The molecule has 0 spiro atoms. The Bertz CT molecular complexity index is 541. The topological polar surface area (TPSA) is 35.5 Å². The van der Waals surface area contributed by atoms with E-state index < -0.39 is 6.16 Å². The third-order valence-electron chi connectivity index (χ3n) is 3.05. The molecule has 0 amide bonds. The van der Waals surface area contributed by atoms with Gasteiger partial charge in [0, 0.05) is 22.9 Å². The number of carbonyl (C=O) groups is 1. The zero-order valence-corrected chi connectivity index (χ0v) is 13.4. The molecular formula is C17H16Cl2O3. The van der Waals surface area contributed by atoms with Crippen molar-refractivity contribution in [2.45, 2.75) is 12.8 Å². The summed E-state index contributed by atoms with van der Waals surface area (Å²) in [7, 11) is 0. The predicted molar refractivity (Wildman–Crippen MR) is 87.6 cm³/mol. The lowest BCUT2D eigenvalue weighted by molar-refractivity contribution is 0.0569. The van der Waals surface area contributed by atoms with Gasteiger partial charge in [-0.05, 0) is 35.4 Å². The molecule has 0 saturated carbocycles. The number of ether oxygens (including phenoxy) is 2. The largest absolute Gasteiger partial charge is 0.508 e. The first-order valence-electron chi connectivity index (χ1n) is 6.92. The van der Waals surface area contributed by atoms with E-state index in [0.717, 1.165) is 11.1 Å². The van der Waals surface area contributed by atoms with Crippen LogP contribution >= 0.6 is 23.2 Å². The van der Waals surface area contributed by atoms with Crippen LogP contribution in [-0.2, 0) is 22.3 Å². The molecule has 0 aliphatic rings. The van der Waals surface area contributed by atoms with Crippen molar-refractivity contribution in [1.29, 1.82) is 0 Å². The fourth-order valence-corrected chi connectivity index (χ4v) is 2.10. The summed E-state index contributed by atoms with van der Waals surface area (Å²) < 4.78 is 10.0. The Morgan fingerprint density at radius 2 is 1.09 bits per heavy atom. The SMILES string of the molecule is O=C(OCCc1ccc(Cl)cc1)OCCc1ccc(Cl)cc1. The second-order valence-corrected chi connectivity index (χ2v) is 5.57. The summed E-state index contributed by atoms with van der Waals surface area (Å²) in [6, 6.07) is 14.8. The Balaban J connectivity index is 1.61. The summed E-state index contributed by atoms with van der Waals surface area (Å²) in [5, 5.41) is 1.37. The van der Waals surface area contributed by atoms with Crippen molar-refractivity contribution >= 4 is 29.4 Å². The van der Waals surface area contributed by atoms with Gasteiger partial charge >= 0.3 is 6.16 Å². The number of halogens is 2. The standard InChI is InChI=1S/C17H16Cl2O3/c18-15-5-1-13(2-6-15)9-11-21-17(20)22-12-10-14-3-7-16(19)8-4-14/h1-8H,9-12H2. The molecule has 0 unspecified atom stereocenters. The highest BCUT2D eigenvalue weighted by Crippen LogP contribution is 2.11. The molecule has 0 N–H and O–H groups in total. The van der Waals surface area contributed by atoms with Gasteiger partial charge in [0.1, 0.15) is 0 Å². The van der Waals surface area contributed by atoms with Gasteiger partial charge in [-0.2, -0.15) is 0 Å². The third-order valence-corrected chi connectivity index (χ3v) is 3.55. The lowest BCUT2D eigenvalue weighted by Gasteiger charge is -2.07. The van der Waals surface area contributed by atoms with Crippen molar-refractivity contribution in [3.05, 3.63) is 69.7 Å². The molecule has 3 nitrogen and oxygen atoms in total. The van der Waals surface area contributed by atoms with E-state index in [1.165, 1.54) is 0 Å². The van der Waals surface area contributed by atoms with Crippen LogP contribution in [0.4, 0.5) is 4.79 Å². The molecule has 0 aliphatic heterocycles. The normalized spacial score (nSPS) is 10.3. The number of hydrogen-bond donors (Lipinski definition) is 0. The van der Waals surface area contributed by atoms with Crippen LogP contribution in [-0.4, -0.2) is 19.4 Å². The highest BCUT2D eigenvalue weighted by atomic mass is 35.5. The molecule has 2 aromatic rings. The molecule has 2 rings (SSSR count). The number of hydrogen-bond acceptors (Lipinski definition) is 3. The van der Waals surface area contributed by atoms with Gasteiger partial charge in [-0.1, -0.05) is 47.5 Å². The van der Waals surface area contributed by atoms with Gasteiger partial charge in [-0.15, -0.1) is 0 Å². The van der Waals surface area contributed by atoms with Gasteiger partial charge in [-0.25, -0.2) is 4.79 Å². The molecule has 0 atom stereocenters. The van der Waals surface area contributed by atoms with Crippen molar-refractivity contribution in [3.8, 4) is 0 Å². The van der Waals surface area contributed by atoms with E-state index in [0.29, 0.717) is 22.9 Å². The van der Waals surface area contributed by atoms with Crippen LogP contribution in [0.3, 0.4) is 0 Å². The zero-order chi connectivity index (χ0) is 15.8. The third kappa shape index (κ3) is 5.96. The van der Waals surface area contributed by atoms with Crippen LogP contribution in [0.25, 0.3) is 0 Å². The predicted octanol–water partition coefficient (Wildman–Crippen LogP) is 4.93. The Kier molecular flexibility index (Phi) is 6.56. The zero-order valence-electron chi connectivity index (χ0n) is 11.9. The summed E-state index contributed by atoms with van der Waals surface area (Å²) in [5.41, 5.74) is 2.11. The van der Waals surface area contributed by atoms with E-state index in [-0.39, 0.29) is 13.2 Å². The average Bonchev–Trinajstić information content (AvgIpc) is 2.51. The molecule has 0 bridgehead atoms. The number of benzene rings is 2. The number of carbonyl (C=O) groups excluding carboxylic acids is 1. The molecule has 0 radical (unpaired) electrons. The maximum absolute atomic E-state index is 11.4. The van der Waals surface area contributed by atoms with Gasteiger partial charge in [0.15, 0.2) is 0 Å². The summed E-state index contributed by atoms with van der Waals surface area (Å²) in [6.45, 7) is 0.558. The van der Waals surface area contributed by atoms with Gasteiger partial charge in [0.25, 0.3) is 0 Å². The van der Waals surface area contributed by atoms with Crippen LogP contribution in [0.15, 0.2) is 48.5 Å². The Labute approximate surface area is 139 Å². The van der Waals surface area contributed by atoms with Crippen LogP contribution in [0, 0.1) is 0 Å². The van der Waals surface area contributed by atoms with Crippen LogP contribution in [0.5, 0.6) is 0 Å². The van der Waals surface area contributed by atoms with Crippen molar-refractivity contribution in [3.63, 3.8) is 0 Å². The smallest absolute Gasteiger partial charge is 0.434 e. The van der Waals surface area contributed by atoms with Crippen molar-refractivity contribution in [2.75, 3.05) is 13.2 Å². The molecule has 5 heteroatoms. The minimum Gasteiger partial charge on any atom is -0.434 e. The summed E-state index contributed by atoms with van der Waals surface area (Å²) in [5.74, 6) is 0. The van der Waals surface area contributed by atoms with E-state index in [1.807, 2.05) is 24.3 Å². The van der Waals surface area contributed by atoms with Crippen molar-refractivity contribution in [2.24, 2.45) is 0 Å². The lowest BCUT2D eigenvalue weighted by atomic mass is 10.2. The van der Waals surface area contributed by atoms with E-state index in [2.05, 4.69) is 0 Å². The fourth-order valence-electron chi connectivity index (χ4n) is 1.85. The second-order valence-electron chi connectivity index (χ2n) is 4.70. The Morgan fingerprint density at radius 3 is 1.45 bits per heavy atom. The molecule has 0 aromatic heterocycles. The summed E-state index contributed by atoms with van der Waals surface area (Å²) in [4.78, 5) is 11.4. The van der Waals surface area contributed by atoms with Gasteiger partial charge in [0.2, 0.25) is 0 Å². The molecule has 0 heterocycles. The van der Waals surface area contributed by atoms with E-state index >= 15 is 0 Å². The molecular weight excluding hydrogens is 323 g/mol. The van der Waals surface area contributed by atoms with E-state index in [9.17, 15) is 4.79 Å². The van der Waals surface area contributed by atoms with Crippen LogP contribution in [0.2, 0.25) is 10.0 Å². The van der Waals surface area contributed by atoms with Gasteiger partial charge in [0.05, 0.1) is 13.2 Å². The van der Waals surface area contributed by atoms with E-state index in [4.69, 9.17) is 32.7 Å². The maximum atomic E-state index is 11.4. The first kappa shape index (κ1) is 16.7. The van der Waals surface area contributed by atoms with Gasteiger partial charge in [-0.3, -0.25) is 0 Å². The quantitative estimate of drug-likeness (QED) is 0.700. The maximum Gasteiger partial charge on any atom is 0.508 e. The first-order chi connectivity index (χ1) is 10.6. The summed E-state index contributed by atoms with van der Waals surface area (Å²) in [6.07, 6.45) is 0.607. The Hall–Kier alpha value is -1.71. The molecule has 0 saturated heterocycles. The monoisotopic (exact) mass is 338 g/mol. The number of rotatable bonds is 6. The fraction of sp³-hybridized carbons (Fsp3) is 0.235. The highest BCUT2D eigenvalue weighted by molar-refractivity contribution is 6.30. The first-order valence-corrected chi connectivity index (χ1v) is 7.67. The minimum absolute atomic E-state index is 0.279. The molecule has 2 aromatic carbocycles. The second kappa shape index (κ2) is 8.66. The van der Waals surface area contributed by atoms with Crippen LogP contribution in [0.1, 0.15) is 11.1 Å². The van der Waals surface area contributed by atoms with E-state index in [1.54, 1.807) is 24.3 Å². The summed E-state index contributed by atoms with van der Waals surface area (Å²) >= 11 is 11.6. The van der Waals surface area contributed by atoms with Crippen LogP contribution < -0.4 is 0 Å². The van der Waals surface area contributed by atoms with Gasteiger partial charge < -0.3 is 9.47 Å². The lowest BCUT2D eigenvalue weighted by Crippen LogP contribution is -2.11. The highest BCUT2D eigenvalue weighted by Gasteiger charge is 2.04. The average molecular weight is 339 g/mol. The molecule has 0 fully saturated rings. The molecule has 116 valence electrons. The Morgan fingerprint density at radius 1 is 0.727 bits per heavy atom.